The maximum absolute atomic E-state index is 14.2. The Hall–Kier alpha value is -2.78. The Kier molecular flexibility index (Phi) is 6.76. The molecule has 0 saturated heterocycles. The van der Waals surface area contributed by atoms with Crippen molar-refractivity contribution in [1.29, 1.82) is 0 Å². The van der Waals surface area contributed by atoms with Gasteiger partial charge in [-0.2, -0.15) is 26.3 Å². The molecule has 0 N–H and O–H groups in total. The molecule has 0 spiro atoms. The summed E-state index contributed by atoms with van der Waals surface area (Å²) >= 11 is 0. The fourth-order valence-corrected chi connectivity index (χ4v) is 2.35. The standard InChI is InChI=1S/C19H14F8O2/c1-2-3-11-4-6-12(7-5-11)19(26,27)28-13-8-14(20)17(15(21)9-13)29-18(24,25)10-16(22)23/h4-10H,2-3H2,1H3. The molecule has 0 amide bonds. The van der Waals surface area contributed by atoms with Gasteiger partial charge in [0.1, 0.15) is 5.75 Å². The molecule has 0 aliphatic heterocycles. The van der Waals surface area contributed by atoms with Gasteiger partial charge in [-0.15, -0.1) is 0 Å². The van der Waals surface area contributed by atoms with Gasteiger partial charge in [0.05, 0.1) is 11.6 Å². The minimum absolute atomic E-state index is 0.170. The van der Waals surface area contributed by atoms with Crippen LogP contribution in [0.15, 0.2) is 48.6 Å². The molecule has 158 valence electrons. The van der Waals surface area contributed by atoms with Crippen molar-refractivity contribution in [2.24, 2.45) is 0 Å². The smallest absolute Gasteiger partial charge is 0.426 e. The number of aryl methyl sites for hydroxylation is 1. The molecular formula is C19H14F8O2. The topological polar surface area (TPSA) is 18.5 Å². The molecule has 29 heavy (non-hydrogen) atoms. The van der Waals surface area contributed by atoms with Gasteiger partial charge in [-0.3, -0.25) is 0 Å². The summed E-state index contributed by atoms with van der Waals surface area (Å²) in [4.78, 5) is 0. The molecule has 0 unspecified atom stereocenters. The number of ether oxygens (including phenoxy) is 2. The molecule has 0 aliphatic carbocycles. The van der Waals surface area contributed by atoms with Crippen LogP contribution >= 0.6 is 0 Å². The fourth-order valence-electron chi connectivity index (χ4n) is 2.35. The van der Waals surface area contributed by atoms with Crippen molar-refractivity contribution in [3.8, 4) is 11.5 Å². The van der Waals surface area contributed by atoms with E-state index >= 15 is 0 Å². The summed E-state index contributed by atoms with van der Waals surface area (Å²) in [5, 5.41) is 0. The average Bonchev–Trinajstić information content (AvgIpc) is 2.57. The first-order valence-electron chi connectivity index (χ1n) is 8.19. The van der Waals surface area contributed by atoms with E-state index in [0.29, 0.717) is 6.42 Å². The van der Waals surface area contributed by atoms with Crippen LogP contribution in [0, 0.1) is 11.6 Å². The van der Waals surface area contributed by atoms with E-state index in [9.17, 15) is 35.1 Å². The Morgan fingerprint density at radius 2 is 1.48 bits per heavy atom. The van der Waals surface area contributed by atoms with Crippen molar-refractivity contribution in [3.05, 3.63) is 71.3 Å². The normalized spacial score (nSPS) is 11.9. The maximum atomic E-state index is 14.2. The number of hydrogen-bond donors (Lipinski definition) is 0. The van der Waals surface area contributed by atoms with Crippen LogP contribution in [0.5, 0.6) is 11.5 Å². The lowest BCUT2D eigenvalue weighted by Crippen LogP contribution is -2.24. The summed E-state index contributed by atoms with van der Waals surface area (Å²) in [6, 6.07) is 5.37. The zero-order valence-electron chi connectivity index (χ0n) is 14.8. The number of rotatable bonds is 8. The molecule has 0 aliphatic rings. The first-order chi connectivity index (χ1) is 13.4. The van der Waals surface area contributed by atoms with Crippen molar-refractivity contribution >= 4 is 0 Å². The summed E-state index contributed by atoms with van der Waals surface area (Å²) in [5.74, 6) is -6.44. The highest BCUT2D eigenvalue weighted by atomic mass is 19.3. The van der Waals surface area contributed by atoms with E-state index in [1.165, 1.54) is 12.1 Å². The van der Waals surface area contributed by atoms with Crippen LogP contribution in [0.25, 0.3) is 0 Å². The van der Waals surface area contributed by atoms with Crippen LogP contribution < -0.4 is 9.47 Å². The predicted molar refractivity (Wildman–Crippen MR) is 87.2 cm³/mol. The Morgan fingerprint density at radius 1 is 0.931 bits per heavy atom. The highest BCUT2D eigenvalue weighted by Crippen LogP contribution is 2.36. The van der Waals surface area contributed by atoms with Crippen LogP contribution in [0.2, 0.25) is 0 Å². The van der Waals surface area contributed by atoms with E-state index in [1.807, 2.05) is 6.92 Å². The molecule has 0 bridgehead atoms. The summed E-state index contributed by atoms with van der Waals surface area (Å²) in [5.41, 5.74) is 0.193. The average molecular weight is 426 g/mol. The first kappa shape index (κ1) is 22.5. The Labute approximate surface area is 160 Å². The quantitative estimate of drug-likeness (QED) is 0.433. The van der Waals surface area contributed by atoms with E-state index in [2.05, 4.69) is 9.47 Å². The summed E-state index contributed by atoms with van der Waals surface area (Å²) < 4.78 is 114. The molecule has 10 heteroatoms. The van der Waals surface area contributed by atoms with Gasteiger partial charge in [0.25, 0.3) is 6.08 Å². The Bertz CT molecular complexity index is 851. The van der Waals surface area contributed by atoms with Crippen LogP contribution in [0.4, 0.5) is 35.1 Å². The lowest BCUT2D eigenvalue weighted by molar-refractivity contribution is -0.185. The van der Waals surface area contributed by atoms with Crippen molar-refractivity contribution < 1.29 is 44.6 Å². The van der Waals surface area contributed by atoms with Gasteiger partial charge in [0.15, 0.2) is 17.4 Å². The highest BCUT2D eigenvalue weighted by Gasteiger charge is 2.36. The minimum Gasteiger partial charge on any atom is -0.429 e. The summed E-state index contributed by atoms with van der Waals surface area (Å²) in [6.45, 7) is 1.91. The van der Waals surface area contributed by atoms with Crippen molar-refractivity contribution in [2.75, 3.05) is 0 Å². The van der Waals surface area contributed by atoms with Crippen LogP contribution in [-0.4, -0.2) is 6.11 Å². The van der Waals surface area contributed by atoms with E-state index in [1.54, 1.807) is 0 Å². The Morgan fingerprint density at radius 3 is 1.97 bits per heavy atom. The molecule has 2 aromatic carbocycles. The second-order valence-corrected chi connectivity index (χ2v) is 5.88. The van der Waals surface area contributed by atoms with E-state index < -0.39 is 53.1 Å². The number of hydrogen-bond acceptors (Lipinski definition) is 2. The SMILES string of the molecule is CCCc1ccc(C(F)(F)Oc2cc(F)c(OC(F)(F)C=C(F)F)c(F)c2)cc1. The van der Waals surface area contributed by atoms with Crippen molar-refractivity contribution in [1.82, 2.24) is 0 Å². The monoisotopic (exact) mass is 426 g/mol. The van der Waals surface area contributed by atoms with Crippen molar-refractivity contribution in [2.45, 2.75) is 32.0 Å². The van der Waals surface area contributed by atoms with Gasteiger partial charge in [0, 0.05) is 12.1 Å². The second-order valence-electron chi connectivity index (χ2n) is 5.88. The minimum atomic E-state index is -4.73. The van der Waals surface area contributed by atoms with Crippen LogP contribution in [-0.2, 0) is 12.5 Å². The van der Waals surface area contributed by atoms with Gasteiger partial charge in [-0.25, -0.2) is 8.78 Å². The molecule has 0 aromatic heterocycles. The van der Waals surface area contributed by atoms with E-state index in [4.69, 9.17) is 0 Å². The molecule has 2 aromatic rings. The lowest BCUT2D eigenvalue weighted by atomic mass is 10.1. The number of halogens is 8. The van der Waals surface area contributed by atoms with E-state index in [0.717, 1.165) is 24.1 Å². The van der Waals surface area contributed by atoms with Gasteiger partial charge in [-0.05, 0) is 24.1 Å². The fraction of sp³-hybridized carbons (Fsp3) is 0.263. The third-order valence-electron chi connectivity index (χ3n) is 3.56. The molecule has 2 rings (SSSR count). The maximum Gasteiger partial charge on any atom is 0.426 e. The third-order valence-corrected chi connectivity index (χ3v) is 3.56. The largest absolute Gasteiger partial charge is 0.429 e. The summed E-state index contributed by atoms with van der Waals surface area (Å²) in [7, 11) is 0. The third kappa shape index (κ3) is 6.10. The van der Waals surface area contributed by atoms with Crippen LogP contribution in [0.1, 0.15) is 24.5 Å². The summed E-state index contributed by atoms with van der Waals surface area (Å²) in [6.07, 6.45) is -11.1. The van der Waals surface area contributed by atoms with Gasteiger partial charge in [0.2, 0.25) is 0 Å². The highest BCUT2D eigenvalue weighted by molar-refractivity contribution is 5.36. The van der Waals surface area contributed by atoms with Gasteiger partial charge >= 0.3 is 12.2 Å². The zero-order valence-corrected chi connectivity index (χ0v) is 14.8. The molecule has 2 nitrogen and oxygen atoms in total. The molecule has 0 atom stereocenters. The molecule has 0 heterocycles. The van der Waals surface area contributed by atoms with Crippen molar-refractivity contribution in [3.63, 3.8) is 0 Å². The molecular weight excluding hydrogens is 412 g/mol. The number of alkyl halides is 4. The molecule has 0 saturated carbocycles. The van der Waals surface area contributed by atoms with Crippen LogP contribution in [0.3, 0.4) is 0 Å². The zero-order chi connectivity index (χ0) is 21.8. The number of benzene rings is 2. The predicted octanol–water partition coefficient (Wildman–Crippen LogP) is 6.80. The first-order valence-corrected chi connectivity index (χ1v) is 8.19. The Balaban J connectivity index is 2.24. The van der Waals surface area contributed by atoms with E-state index in [-0.39, 0.29) is 12.1 Å². The molecule has 0 radical (unpaired) electrons. The van der Waals surface area contributed by atoms with Gasteiger partial charge < -0.3 is 9.47 Å². The second kappa shape index (κ2) is 8.71. The van der Waals surface area contributed by atoms with Gasteiger partial charge in [-0.1, -0.05) is 25.5 Å². The lowest BCUT2D eigenvalue weighted by Gasteiger charge is -2.20. The molecule has 0 fully saturated rings.